The third kappa shape index (κ3) is 6.41. The second-order valence-electron chi connectivity index (χ2n) is 4.04. The molecule has 0 bridgehead atoms. The molecule has 0 aliphatic rings. The van der Waals surface area contributed by atoms with E-state index < -0.39 is 9.84 Å². The van der Waals surface area contributed by atoms with Gasteiger partial charge in [0.2, 0.25) is 0 Å². The lowest BCUT2D eigenvalue weighted by Crippen LogP contribution is -2.17. The minimum atomic E-state index is -2.80. The summed E-state index contributed by atoms with van der Waals surface area (Å²) < 4.78 is 22.8. The van der Waals surface area contributed by atoms with Crippen molar-refractivity contribution >= 4 is 9.84 Å². The van der Waals surface area contributed by atoms with Crippen LogP contribution in [0.25, 0.3) is 0 Å². The molecule has 0 saturated carbocycles. The molecule has 0 aromatic heterocycles. The lowest BCUT2D eigenvalue weighted by Gasteiger charge is -2.06. The van der Waals surface area contributed by atoms with Crippen molar-refractivity contribution in [3.63, 3.8) is 0 Å². The van der Waals surface area contributed by atoms with Gasteiger partial charge in [0.25, 0.3) is 0 Å². The van der Waals surface area contributed by atoms with E-state index in [1.807, 2.05) is 0 Å². The van der Waals surface area contributed by atoms with E-state index in [1.54, 1.807) is 13.8 Å². The van der Waals surface area contributed by atoms with Crippen LogP contribution in [0.4, 0.5) is 0 Å². The Hall–Kier alpha value is -0.0500. The number of rotatable bonds is 8. The molecule has 0 unspecified atom stereocenters. The van der Waals surface area contributed by atoms with Gasteiger partial charge in [-0.1, -0.05) is 39.0 Å². The first-order chi connectivity index (χ1) is 6.50. The van der Waals surface area contributed by atoms with Gasteiger partial charge >= 0.3 is 0 Å². The van der Waals surface area contributed by atoms with E-state index >= 15 is 0 Å². The fourth-order valence-corrected chi connectivity index (χ4v) is 2.32. The maximum Gasteiger partial charge on any atom is 0.152 e. The van der Waals surface area contributed by atoms with Crippen molar-refractivity contribution in [3.05, 3.63) is 6.92 Å². The van der Waals surface area contributed by atoms with Gasteiger partial charge in [-0.15, -0.1) is 0 Å². The van der Waals surface area contributed by atoms with E-state index in [1.165, 1.54) is 6.42 Å². The Labute approximate surface area is 89.0 Å². The minimum absolute atomic E-state index is 0.220. The Kier molecular flexibility index (Phi) is 7.24. The van der Waals surface area contributed by atoms with Gasteiger partial charge in [-0.3, -0.25) is 0 Å². The molecule has 0 spiro atoms. The van der Waals surface area contributed by atoms with Gasteiger partial charge in [0.05, 0.1) is 11.0 Å². The third-order valence-corrected chi connectivity index (χ3v) is 4.69. The van der Waals surface area contributed by atoms with E-state index in [4.69, 9.17) is 0 Å². The molecule has 0 N–H and O–H groups in total. The van der Waals surface area contributed by atoms with Gasteiger partial charge in [0.15, 0.2) is 9.84 Å². The highest BCUT2D eigenvalue weighted by Crippen LogP contribution is 2.08. The lowest BCUT2D eigenvalue weighted by molar-refractivity contribution is 0.577. The molecule has 0 aliphatic carbocycles. The van der Waals surface area contributed by atoms with E-state index in [0.29, 0.717) is 5.75 Å². The summed E-state index contributed by atoms with van der Waals surface area (Å²) in [7, 11) is -2.80. The summed E-state index contributed by atoms with van der Waals surface area (Å²) in [5.41, 5.74) is 0. The zero-order valence-electron chi connectivity index (χ0n) is 9.46. The van der Waals surface area contributed by atoms with Gasteiger partial charge in [-0.25, -0.2) is 8.42 Å². The van der Waals surface area contributed by atoms with Crippen LogP contribution in [-0.2, 0) is 9.84 Å². The molecule has 2 nitrogen and oxygen atoms in total. The zero-order chi connectivity index (χ0) is 11.0. The van der Waals surface area contributed by atoms with Crippen molar-refractivity contribution in [3.8, 4) is 0 Å². The largest absolute Gasteiger partial charge is 0.229 e. The standard InChI is InChI=1S/C11H23O2S/c1-4-5-6-7-8-9-10-14(12,13)11(2)3/h11H,1,4-10H2,2-3H3. The highest BCUT2D eigenvalue weighted by Gasteiger charge is 2.14. The van der Waals surface area contributed by atoms with Gasteiger partial charge < -0.3 is 0 Å². The smallest absolute Gasteiger partial charge is 0.152 e. The topological polar surface area (TPSA) is 34.1 Å². The first-order valence-corrected chi connectivity index (χ1v) is 7.23. The van der Waals surface area contributed by atoms with Crippen LogP contribution in [0, 0.1) is 6.92 Å². The monoisotopic (exact) mass is 219 g/mol. The third-order valence-electron chi connectivity index (χ3n) is 2.40. The van der Waals surface area contributed by atoms with Crippen LogP contribution in [0.3, 0.4) is 0 Å². The first kappa shape index (κ1) is 13.9. The molecular weight excluding hydrogens is 196 g/mol. The van der Waals surface area contributed by atoms with E-state index in [-0.39, 0.29) is 5.25 Å². The van der Waals surface area contributed by atoms with Crippen LogP contribution >= 0.6 is 0 Å². The van der Waals surface area contributed by atoms with Crippen molar-refractivity contribution in [2.45, 2.75) is 57.6 Å². The van der Waals surface area contributed by atoms with Crippen LogP contribution in [0.15, 0.2) is 0 Å². The Morgan fingerprint density at radius 1 is 1.00 bits per heavy atom. The summed E-state index contributed by atoms with van der Waals surface area (Å²) in [6.07, 6.45) is 6.33. The highest BCUT2D eigenvalue weighted by atomic mass is 32.2. The number of hydrogen-bond acceptors (Lipinski definition) is 2. The average Bonchev–Trinajstić information content (AvgIpc) is 2.10. The second kappa shape index (κ2) is 7.27. The lowest BCUT2D eigenvalue weighted by atomic mass is 10.1. The van der Waals surface area contributed by atoms with Gasteiger partial charge in [-0.05, 0) is 20.3 Å². The number of unbranched alkanes of at least 4 members (excludes halogenated alkanes) is 5. The van der Waals surface area contributed by atoms with Crippen molar-refractivity contribution in [1.29, 1.82) is 0 Å². The number of hydrogen-bond donors (Lipinski definition) is 0. The van der Waals surface area contributed by atoms with Crippen LogP contribution < -0.4 is 0 Å². The Morgan fingerprint density at radius 3 is 2.00 bits per heavy atom. The summed E-state index contributed by atoms with van der Waals surface area (Å²) >= 11 is 0. The zero-order valence-corrected chi connectivity index (χ0v) is 10.3. The molecular formula is C11H23O2S. The average molecular weight is 219 g/mol. The van der Waals surface area contributed by atoms with Crippen molar-refractivity contribution in [2.24, 2.45) is 0 Å². The predicted molar refractivity (Wildman–Crippen MR) is 62.0 cm³/mol. The summed E-state index contributed by atoms with van der Waals surface area (Å²) in [6.45, 7) is 7.27. The minimum Gasteiger partial charge on any atom is -0.229 e. The van der Waals surface area contributed by atoms with Gasteiger partial charge in [0, 0.05) is 0 Å². The summed E-state index contributed by atoms with van der Waals surface area (Å²) in [5.74, 6) is 0.356. The molecule has 0 atom stereocenters. The summed E-state index contributed by atoms with van der Waals surface area (Å²) in [5, 5.41) is -0.220. The maximum atomic E-state index is 11.4. The Balaban J connectivity index is 3.46. The van der Waals surface area contributed by atoms with Crippen LogP contribution in [-0.4, -0.2) is 19.4 Å². The number of sulfone groups is 1. The highest BCUT2D eigenvalue weighted by molar-refractivity contribution is 7.91. The van der Waals surface area contributed by atoms with E-state index in [9.17, 15) is 8.42 Å². The van der Waals surface area contributed by atoms with Crippen molar-refractivity contribution in [1.82, 2.24) is 0 Å². The van der Waals surface area contributed by atoms with Crippen molar-refractivity contribution < 1.29 is 8.42 Å². The van der Waals surface area contributed by atoms with Gasteiger partial charge in [0.1, 0.15) is 0 Å². The molecule has 0 aromatic rings. The molecule has 1 radical (unpaired) electrons. The predicted octanol–water partition coefficient (Wildman–Crippen LogP) is 2.98. The fourth-order valence-electron chi connectivity index (χ4n) is 1.25. The molecule has 0 heterocycles. The normalized spacial score (nSPS) is 12.3. The summed E-state index contributed by atoms with van der Waals surface area (Å²) in [6, 6.07) is 0. The molecule has 3 heteroatoms. The second-order valence-corrected chi connectivity index (χ2v) is 6.71. The SMILES string of the molecule is [CH2]CCCCCCCS(=O)(=O)C(C)C. The first-order valence-electron chi connectivity index (χ1n) is 5.51. The Bertz CT molecular complexity index is 217. The van der Waals surface area contributed by atoms with Crippen molar-refractivity contribution in [2.75, 3.05) is 5.75 Å². The summed E-state index contributed by atoms with van der Waals surface area (Å²) in [4.78, 5) is 0. The Morgan fingerprint density at radius 2 is 1.50 bits per heavy atom. The van der Waals surface area contributed by atoms with Gasteiger partial charge in [-0.2, -0.15) is 0 Å². The van der Waals surface area contributed by atoms with Crippen LogP contribution in [0.1, 0.15) is 52.4 Å². The molecule has 0 rings (SSSR count). The molecule has 0 aromatic carbocycles. The molecule has 85 valence electrons. The van der Waals surface area contributed by atoms with E-state index in [0.717, 1.165) is 32.1 Å². The van der Waals surface area contributed by atoms with E-state index in [2.05, 4.69) is 6.92 Å². The van der Waals surface area contributed by atoms with Crippen LogP contribution in [0.2, 0.25) is 0 Å². The quantitative estimate of drug-likeness (QED) is 0.588. The molecule has 0 aliphatic heterocycles. The molecule has 0 saturated heterocycles. The maximum absolute atomic E-state index is 11.4. The fraction of sp³-hybridized carbons (Fsp3) is 0.909. The van der Waals surface area contributed by atoms with Crippen LogP contribution in [0.5, 0.6) is 0 Å². The molecule has 0 fully saturated rings. The molecule has 0 amide bonds. The molecule has 14 heavy (non-hydrogen) atoms.